The number of hydrogen-bond donors (Lipinski definition) is 2. The van der Waals surface area contributed by atoms with Crippen molar-refractivity contribution in [3.8, 4) is 5.75 Å². The van der Waals surface area contributed by atoms with Gasteiger partial charge < -0.3 is 15.2 Å². The molecule has 18 heavy (non-hydrogen) atoms. The van der Waals surface area contributed by atoms with Crippen LogP contribution in [0.2, 0.25) is 0 Å². The van der Waals surface area contributed by atoms with Crippen LogP contribution in [0.25, 0.3) is 0 Å². The van der Waals surface area contributed by atoms with E-state index >= 15 is 0 Å². The van der Waals surface area contributed by atoms with Gasteiger partial charge in [-0.1, -0.05) is 11.6 Å². The first-order valence-electron chi connectivity index (χ1n) is 6.32. The van der Waals surface area contributed by atoms with Gasteiger partial charge in [-0.05, 0) is 37.8 Å². The molecule has 1 aromatic carbocycles. The number of ether oxygens (including phenoxy) is 1. The number of carbonyl (C=O) groups excluding carboxylic acids is 1. The molecule has 0 aliphatic carbocycles. The molecule has 0 spiro atoms. The lowest BCUT2D eigenvalue weighted by molar-refractivity contribution is 0.0947. The van der Waals surface area contributed by atoms with E-state index in [1.807, 2.05) is 6.92 Å². The van der Waals surface area contributed by atoms with Crippen LogP contribution in [0.4, 0.5) is 0 Å². The number of aryl methyl sites for hydroxylation is 1. The van der Waals surface area contributed by atoms with Gasteiger partial charge in [-0.3, -0.25) is 4.79 Å². The molecule has 1 amide bonds. The van der Waals surface area contributed by atoms with Gasteiger partial charge in [0.25, 0.3) is 5.91 Å². The first-order valence-corrected chi connectivity index (χ1v) is 6.32. The minimum atomic E-state index is -0.213. The van der Waals surface area contributed by atoms with Gasteiger partial charge in [-0.2, -0.15) is 0 Å². The molecule has 1 aliphatic heterocycles. The molecule has 4 heteroatoms. The van der Waals surface area contributed by atoms with E-state index in [2.05, 4.69) is 5.32 Å². The summed E-state index contributed by atoms with van der Waals surface area (Å²) >= 11 is 0. The van der Waals surface area contributed by atoms with Crippen molar-refractivity contribution in [1.29, 1.82) is 0 Å². The second-order valence-electron chi connectivity index (χ2n) is 4.79. The number of carbonyl (C=O) groups is 1. The number of aromatic hydroxyl groups is 1. The number of amides is 1. The van der Waals surface area contributed by atoms with Crippen molar-refractivity contribution in [3.05, 3.63) is 29.3 Å². The Balaban J connectivity index is 1.85. The van der Waals surface area contributed by atoms with Gasteiger partial charge in [0.05, 0.1) is 5.56 Å². The number of rotatable bonds is 4. The summed E-state index contributed by atoms with van der Waals surface area (Å²) in [7, 11) is 0. The molecular weight excluding hydrogens is 230 g/mol. The van der Waals surface area contributed by atoms with Gasteiger partial charge in [0, 0.05) is 19.8 Å². The zero-order valence-electron chi connectivity index (χ0n) is 10.6. The Morgan fingerprint density at radius 1 is 1.56 bits per heavy atom. The summed E-state index contributed by atoms with van der Waals surface area (Å²) in [5, 5.41) is 12.5. The van der Waals surface area contributed by atoms with Crippen LogP contribution >= 0.6 is 0 Å². The van der Waals surface area contributed by atoms with Crippen LogP contribution in [-0.2, 0) is 4.74 Å². The highest BCUT2D eigenvalue weighted by Crippen LogP contribution is 2.18. The van der Waals surface area contributed by atoms with E-state index in [1.54, 1.807) is 18.2 Å². The number of benzene rings is 1. The highest BCUT2D eigenvalue weighted by Gasteiger charge is 2.16. The van der Waals surface area contributed by atoms with E-state index < -0.39 is 0 Å². The Labute approximate surface area is 107 Å². The largest absolute Gasteiger partial charge is 0.507 e. The first-order chi connectivity index (χ1) is 8.66. The van der Waals surface area contributed by atoms with Crippen molar-refractivity contribution in [2.45, 2.75) is 19.8 Å². The van der Waals surface area contributed by atoms with Crippen molar-refractivity contribution in [3.63, 3.8) is 0 Å². The third kappa shape index (κ3) is 3.23. The van der Waals surface area contributed by atoms with Gasteiger partial charge in [0.15, 0.2) is 0 Å². The van der Waals surface area contributed by atoms with E-state index in [4.69, 9.17) is 4.74 Å². The standard InChI is InChI=1S/C14H19NO3/c1-10-2-3-13(16)12(8-10)14(17)15-6-4-11-5-7-18-9-11/h2-3,8,11,16H,4-7,9H2,1H3,(H,15,17). The minimum Gasteiger partial charge on any atom is -0.507 e. The smallest absolute Gasteiger partial charge is 0.255 e. The van der Waals surface area contributed by atoms with Gasteiger partial charge in [0.1, 0.15) is 5.75 Å². The number of nitrogens with one attached hydrogen (secondary N) is 1. The van der Waals surface area contributed by atoms with Crippen LogP contribution in [0, 0.1) is 12.8 Å². The third-order valence-electron chi connectivity index (χ3n) is 3.26. The van der Waals surface area contributed by atoms with E-state index in [9.17, 15) is 9.90 Å². The molecule has 1 heterocycles. The van der Waals surface area contributed by atoms with Crippen molar-refractivity contribution in [2.75, 3.05) is 19.8 Å². The maximum Gasteiger partial charge on any atom is 0.255 e. The maximum atomic E-state index is 11.9. The number of phenolic OH excluding ortho intramolecular Hbond substituents is 1. The second-order valence-corrected chi connectivity index (χ2v) is 4.79. The van der Waals surface area contributed by atoms with E-state index in [0.29, 0.717) is 18.0 Å². The molecule has 1 aromatic rings. The van der Waals surface area contributed by atoms with E-state index in [-0.39, 0.29) is 11.7 Å². The number of phenols is 1. The fourth-order valence-corrected chi connectivity index (χ4v) is 2.13. The lowest BCUT2D eigenvalue weighted by Crippen LogP contribution is -2.26. The van der Waals surface area contributed by atoms with Gasteiger partial charge in [-0.25, -0.2) is 0 Å². The Morgan fingerprint density at radius 2 is 2.39 bits per heavy atom. The Bertz CT molecular complexity index is 425. The quantitative estimate of drug-likeness (QED) is 0.856. The molecule has 0 bridgehead atoms. The molecule has 1 fully saturated rings. The van der Waals surface area contributed by atoms with Crippen LogP contribution in [-0.4, -0.2) is 30.8 Å². The molecule has 0 aromatic heterocycles. The Kier molecular flexibility index (Phi) is 4.20. The molecule has 1 atom stereocenters. The van der Waals surface area contributed by atoms with Crippen LogP contribution < -0.4 is 5.32 Å². The predicted octanol–water partition coefficient (Wildman–Crippen LogP) is 1.86. The number of hydrogen-bond acceptors (Lipinski definition) is 3. The average molecular weight is 249 g/mol. The van der Waals surface area contributed by atoms with Crippen LogP contribution in [0.3, 0.4) is 0 Å². The molecule has 1 aliphatic rings. The normalized spacial score (nSPS) is 18.8. The highest BCUT2D eigenvalue weighted by molar-refractivity contribution is 5.96. The summed E-state index contributed by atoms with van der Waals surface area (Å²) in [6, 6.07) is 5.03. The van der Waals surface area contributed by atoms with Crippen LogP contribution in [0.15, 0.2) is 18.2 Å². The monoisotopic (exact) mass is 249 g/mol. The van der Waals surface area contributed by atoms with Gasteiger partial charge >= 0.3 is 0 Å². The van der Waals surface area contributed by atoms with Gasteiger partial charge in [0.2, 0.25) is 0 Å². The summed E-state index contributed by atoms with van der Waals surface area (Å²) < 4.78 is 5.28. The molecule has 0 radical (unpaired) electrons. The zero-order valence-corrected chi connectivity index (χ0v) is 10.6. The lowest BCUT2D eigenvalue weighted by Gasteiger charge is -2.10. The topological polar surface area (TPSA) is 58.6 Å². The maximum absolute atomic E-state index is 11.9. The van der Waals surface area contributed by atoms with Gasteiger partial charge in [-0.15, -0.1) is 0 Å². The lowest BCUT2D eigenvalue weighted by atomic mass is 10.1. The first kappa shape index (κ1) is 12.9. The molecule has 4 nitrogen and oxygen atoms in total. The minimum absolute atomic E-state index is 0.0299. The van der Waals surface area contributed by atoms with Crippen LogP contribution in [0.1, 0.15) is 28.8 Å². The van der Waals surface area contributed by atoms with Crippen molar-refractivity contribution in [2.24, 2.45) is 5.92 Å². The zero-order chi connectivity index (χ0) is 13.0. The van der Waals surface area contributed by atoms with Crippen LogP contribution in [0.5, 0.6) is 5.75 Å². The van der Waals surface area contributed by atoms with E-state index in [1.165, 1.54) is 0 Å². The van der Waals surface area contributed by atoms with Crippen molar-refractivity contribution in [1.82, 2.24) is 5.32 Å². The van der Waals surface area contributed by atoms with Crippen molar-refractivity contribution < 1.29 is 14.6 Å². The van der Waals surface area contributed by atoms with E-state index in [0.717, 1.165) is 31.6 Å². The fraction of sp³-hybridized carbons (Fsp3) is 0.500. The summed E-state index contributed by atoms with van der Waals surface area (Å²) in [4.78, 5) is 11.9. The average Bonchev–Trinajstić information content (AvgIpc) is 2.85. The molecule has 2 rings (SSSR count). The van der Waals surface area contributed by atoms with Crippen molar-refractivity contribution >= 4 is 5.91 Å². The Morgan fingerprint density at radius 3 is 3.11 bits per heavy atom. The fourth-order valence-electron chi connectivity index (χ4n) is 2.13. The summed E-state index contributed by atoms with van der Waals surface area (Å²) in [6.07, 6.45) is 2.00. The molecular formula is C14H19NO3. The summed E-state index contributed by atoms with van der Waals surface area (Å²) in [5.41, 5.74) is 1.31. The second kappa shape index (κ2) is 5.87. The molecule has 1 saturated heterocycles. The Hall–Kier alpha value is -1.55. The molecule has 0 saturated carbocycles. The predicted molar refractivity (Wildman–Crippen MR) is 68.7 cm³/mol. The molecule has 1 unspecified atom stereocenters. The molecule has 2 N–H and O–H groups in total. The molecule has 98 valence electrons. The third-order valence-corrected chi connectivity index (χ3v) is 3.26. The highest BCUT2D eigenvalue weighted by atomic mass is 16.5. The summed E-state index contributed by atoms with van der Waals surface area (Å²) in [5.74, 6) is 0.369. The SMILES string of the molecule is Cc1ccc(O)c(C(=O)NCCC2CCOC2)c1. The summed E-state index contributed by atoms with van der Waals surface area (Å²) in [6.45, 7) is 4.15.